The van der Waals surface area contributed by atoms with Crippen molar-refractivity contribution in [2.45, 2.75) is 19.5 Å². The molecule has 3 amide bonds. The minimum absolute atomic E-state index is 0.0181. The van der Waals surface area contributed by atoms with Gasteiger partial charge in [-0.3, -0.25) is 14.4 Å². The molecule has 1 aliphatic heterocycles. The van der Waals surface area contributed by atoms with E-state index in [-0.39, 0.29) is 12.4 Å². The van der Waals surface area contributed by atoms with E-state index >= 15 is 0 Å². The van der Waals surface area contributed by atoms with Gasteiger partial charge in [0.1, 0.15) is 0 Å². The van der Waals surface area contributed by atoms with Gasteiger partial charge in [0, 0.05) is 37.0 Å². The van der Waals surface area contributed by atoms with Crippen LogP contribution in [-0.4, -0.2) is 54.0 Å². The number of amides is 3. The van der Waals surface area contributed by atoms with Crippen LogP contribution in [0.25, 0.3) is 0 Å². The Balaban J connectivity index is 1.74. The van der Waals surface area contributed by atoms with Gasteiger partial charge in [-0.1, -0.05) is 36.4 Å². The van der Waals surface area contributed by atoms with Crippen molar-refractivity contribution in [3.63, 3.8) is 0 Å². The Morgan fingerprint density at radius 3 is 2.18 bits per heavy atom. The zero-order chi connectivity index (χ0) is 27.1. The number of nitrogens with zero attached hydrogens (tertiary/aromatic N) is 3. The normalized spacial score (nSPS) is 16.6. The predicted octanol–water partition coefficient (Wildman–Crippen LogP) is 2.54. The minimum Gasteiger partial charge on any atom is -0.395 e. The monoisotopic (exact) mass is 514 g/mol. The summed E-state index contributed by atoms with van der Waals surface area (Å²) >= 11 is 0. The van der Waals surface area contributed by atoms with E-state index < -0.39 is 23.4 Å². The summed E-state index contributed by atoms with van der Waals surface area (Å²) in [7, 11) is 0. The maximum atomic E-state index is 13.9. The van der Waals surface area contributed by atoms with Crippen molar-refractivity contribution in [3.8, 4) is 0 Å². The maximum absolute atomic E-state index is 13.9. The van der Waals surface area contributed by atoms with E-state index in [4.69, 9.17) is 0 Å². The molecule has 0 fully saturated rings. The Kier molecular flexibility index (Phi) is 8.03. The average molecular weight is 515 g/mol. The van der Waals surface area contributed by atoms with Crippen molar-refractivity contribution in [1.29, 1.82) is 0 Å². The third-order valence-corrected chi connectivity index (χ3v) is 6.02. The van der Waals surface area contributed by atoms with Gasteiger partial charge >= 0.3 is 5.91 Å². The summed E-state index contributed by atoms with van der Waals surface area (Å²) in [6.45, 7) is 4.48. The van der Waals surface area contributed by atoms with Crippen LogP contribution in [0, 0.1) is 0 Å². The first-order valence-electron chi connectivity index (χ1n) is 12.3. The molecule has 10 nitrogen and oxygen atoms in total. The van der Waals surface area contributed by atoms with Crippen molar-refractivity contribution >= 4 is 40.6 Å². The topological polar surface area (TPSA) is 126 Å². The van der Waals surface area contributed by atoms with Crippen LogP contribution in [0.4, 0.5) is 17.1 Å². The highest BCUT2D eigenvalue weighted by Crippen LogP contribution is 2.29. The highest BCUT2D eigenvalue weighted by Gasteiger charge is 2.54. The molecule has 3 aromatic rings. The van der Waals surface area contributed by atoms with Gasteiger partial charge < -0.3 is 26.0 Å². The van der Waals surface area contributed by atoms with Crippen LogP contribution >= 0.6 is 0 Å². The molecular formula is C28H30N6O4. The van der Waals surface area contributed by atoms with E-state index in [0.29, 0.717) is 30.0 Å². The van der Waals surface area contributed by atoms with E-state index in [1.54, 1.807) is 66.7 Å². The van der Waals surface area contributed by atoms with Crippen LogP contribution in [0.3, 0.4) is 0 Å². The average Bonchev–Trinajstić information content (AvgIpc) is 3.18. The van der Waals surface area contributed by atoms with E-state index in [1.165, 1.54) is 6.92 Å². The number of aliphatic hydroxyl groups is 1. The fourth-order valence-electron chi connectivity index (χ4n) is 4.20. The molecule has 0 radical (unpaired) electrons. The number of para-hydroxylation sites is 1. The molecule has 0 bridgehead atoms. The fraction of sp³-hybridized carbons (Fsp3) is 0.214. The van der Waals surface area contributed by atoms with E-state index in [1.807, 2.05) is 30.0 Å². The lowest BCUT2D eigenvalue weighted by Gasteiger charge is -2.32. The third-order valence-electron chi connectivity index (χ3n) is 6.02. The van der Waals surface area contributed by atoms with E-state index in [9.17, 15) is 19.5 Å². The first-order valence-corrected chi connectivity index (χ1v) is 12.3. The Labute approximate surface area is 221 Å². The zero-order valence-electron chi connectivity index (χ0n) is 21.2. The van der Waals surface area contributed by atoms with Crippen molar-refractivity contribution in [2.24, 2.45) is 5.10 Å². The quantitative estimate of drug-likeness (QED) is 0.325. The largest absolute Gasteiger partial charge is 0.395 e. The van der Waals surface area contributed by atoms with Crippen molar-refractivity contribution in [1.82, 2.24) is 10.6 Å². The number of nitrogens with one attached hydrogen (secondary N) is 3. The highest BCUT2D eigenvalue weighted by atomic mass is 16.3. The zero-order valence-corrected chi connectivity index (χ0v) is 21.2. The first-order chi connectivity index (χ1) is 18.4. The standard InChI is InChI=1S/C28H30N6O4/c1-3-33(18-19-35)23-16-14-22(15-17-23)31-28(30-20(2)36)26(29-25(37)21-10-6-4-7-11-21)32-34(27(28)38)24-12-8-5-9-13-24/h4-17,31,35H,3,18-19H2,1-2H3,(H,30,36)(H,29,32,37). The molecule has 1 heterocycles. The molecule has 0 aromatic heterocycles. The molecule has 0 saturated heterocycles. The Morgan fingerprint density at radius 1 is 0.974 bits per heavy atom. The fourth-order valence-corrected chi connectivity index (χ4v) is 4.20. The predicted molar refractivity (Wildman–Crippen MR) is 147 cm³/mol. The van der Waals surface area contributed by atoms with Gasteiger partial charge in [-0.2, -0.15) is 5.01 Å². The van der Waals surface area contributed by atoms with Crippen LogP contribution in [0.5, 0.6) is 0 Å². The first kappa shape index (κ1) is 26.4. The summed E-state index contributed by atoms with van der Waals surface area (Å²) in [5.41, 5.74) is 0.341. The number of hydrazone groups is 1. The van der Waals surface area contributed by atoms with Crippen molar-refractivity contribution in [3.05, 3.63) is 90.5 Å². The number of carbonyl (C=O) groups excluding carboxylic acids is 3. The van der Waals surface area contributed by atoms with E-state index in [2.05, 4.69) is 21.1 Å². The number of rotatable bonds is 9. The molecule has 196 valence electrons. The Bertz CT molecular complexity index is 1310. The molecule has 1 aliphatic rings. The van der Waals surface area contributed by atoms with Crippen LogP contribution < -0.4 is 25.9 Å². The van der Waals surface area contributed by atoms with Crippen molar-refractivity contribution in [2.75, 3.05) is 34.9 Å². The van der Waals surface area contributed by atoms with Crippen molar-refractivity contribution < 1.29 is 19.5 Å². The van der Waals surface area contributed by atoms with Crippen LogP contribution in [0.1, 0.15) is 24.2 Å². The number of carbonyl (C=O) groups is 3. The van der Waals surface area contributed by atoms with Crippen LogP contribution in [0.2, 0.25) is 0 Å². The molecule has 4 N–H and O–H groups in total. The summed E-state index contributed by atoms with van der Waals surface area (Å²) in [5, 5.41) is 23.5. The SMILES string of the molecule is CCN(CCO)c1ccc(NC2(NC(C)=O)C(=O)N(c3ccccc3)N=C2NC(=O)c2ccccc2)cc1. The lowest BCUT2D eigenvalue weighted by molar-refractivity contribution is -0.127. The molecule has 0 saturated carbocycles. The van der Waals surface area contributed by atoms with Crippen LogP contribution in [0.15, 0.2) is 90.0 Å². The van der Waals surface area contributed by atoms with Gasteiger partial charge in [-0.25, -0.2) is 0 Å². The minimum atomic E-state index is -1.89. The summed E-state index contributed by atoms with van der Waals surface area (Å²) < 4.78 is 0. The second-order valence-electron chi connectivity index (χ2n) is 8.63. The van der Waals surface area contributed by atoms with Gasteiger partial charge in [0.05, 0.1) is 12.3 Å². The number of amidine groups is 1. The summed E-state index contributed by atoms with van der Waals surface area (Å²) in [5.74, 6) is -1.66. The number of hydrogen-bond donors (Lipinski definition) is 4. The molecule has 38 heavy (non-hydrogen) atoms. The van der Waals surface area contributed by atoms with E-state index in [0.717, 1.165) is 10.7 Å². The molecule has 4 rings (SSSR count). The summed E-state index contributed by atoms with van der Waals surface area (Å²) in [4.78, 5) is 41.5. The van der Waals surface area contributed by atoms with Gasteiger partial charge in [0.25, 0.3) is 11.6 Å². The second-order valence-corrected chi connectivity index (χ2v) is 8.63. The summed E-state index contributed by atoms with van der Waals surface area (Å²) in [6.07, 6.45) is 0. The molecular weight excluding hydrogens is 484 g/mol. The number of benzene rings is 3. The third kappa shape index (κ3) is 5.50. The highest BCUT2D eigenvalue weighted by molar-refractivity contribution is 6.28. The molecule has 0 aliphatic carbocycles. The van der Waals surface area contributed by atoms with Gasteiger partial charge in [0.2, 0.25) is 5.91 Å². The summed E-state index contributed by atoms with van der Waals surface area (Å²) in [6, 6.07) is 24.5. The van der Waals surface area contributed by atoms with Gasteiger partial charge in [0.15, 0.2) is 5.84 Å². The smallest absolute Gasteiger partial charge is 0.302 e. The van der Waals surface area contributed by atoms with Gasteiger partial charge in [-0.15, -0.1) is 5.10 Å². The number of likely N-dealkylation sites (N-methyl/N-ethyl adjacent to an activating group) is 1. The molecule has 10 heteroatoms. The van der Waals surface area contributed by atoms with Gasteiger partial charge in [-0.05, 0) is 55.5 Å². The van der Waals surface area contributed by atoms with Crippen LogP contribution in [-0.2, 0) is 9.59 Å². The molecule has 1 atom stereocenters. The Morgan fingerprint density at radius 2 is 1.61 bits per heavy atom. The maximum Gasteiger partial charge on any atom is 0.302 e. The number of aliphatic hydroxyl groups excluding tert-OH is 1. The lowest BCUT2D eigenvalue weighted by atomic mass is 10.1. The molecule has 3 aromatic carbocycles. The molecule has 0 spiro atoms. The second kappa shape index (κ2) is 11.6. The lowest BCUT2D eigenvalue weighted by Crippen LogP contribution is -2.67. The number of anilines is 3. The molecule has 1 unspecified atom stereocenters. The number of hydrogen-bond acceptors (Lipinski definition) is 7. The Hall–Kier alpha value is -4.70.